The number of unbranched alkanes of at least 4 members (excludes halogenated alkanes) is 4. The molecule has 0 aromatic rings. The summed E-state index contributed by atoms with van der Waals surface area (Å²) in [5, 5.41) is 3.35. The molecule has 0 amide bonds. The number of nitrogens with one attached hydrogen (secondary N) is 1. The monoisotopic (exact) mass is 279 g/mol. The zero-order chi connectivity index (χ0) is 14.1. The third-order valence-corrected chi connectivity index (χ3v) is 3.89. The zero-order valence-corrected chi connectivity index (χ0v) is 12.9. The minimum atomic E-state index is -3.81. The van der Waals surface area contributed by atoms with Crippen molar-refractivity contribution in [1.29, 1.82) is 0 Å². The van der Waals surface area contributed by atoms with Crippen molar-refractivity contribution >= 4 is 10.1 Å². The van der Waals surface area contributed by atoms with Crippen LogP contribution in [0.15, 0.2) is 0 Å². The average Bonchev–Trinajstić information content (AvgIpc) is 2.23. The van der Waals surface area contributed by atoms with Gasteiger partial charge in [0.25, 0.3) is 10.1 Å². The van der Waals surface area contributed by atoms with E-state index in [9.17, 15) is 8.42 Å². The van der Waals surface area contributed by atoms with E-state index in [-0.39, 0.29) is 11.3 Å². The van der Waals surface area contributed by atoms with Gasteiger partial charge in [-0.3, -0.25) is 4.55 Å². The third kappa shape index (κ3) is 12.3. The second-order valence-electron chi connectivity index (χ2n) is 5.61. The third-order valence-electron chi connectivity index (χ3n) is 3.09. The molecule has 0 aromatic heterocycles. The Hall–Kier alpha value is -0.130. The normalized spacial score (nSPS) is 12.9. The first-order chi connectivity index (χ1) is 8.27. The standard InChI is InChI=1S/C13H29NO3S/c1-4-5-6-7-8-10-13(2,3)14-11-9-12-18(15,16)17/h14H,4-12H2,1-3H3,(H,15,16,17). The van der Waals surface area contributed by atoms with Crippen molar-refractivity contribution in [2.45, 2.75) is 71.3 Å². The highest BCUT2D eigenvalue weighted by atomic mass is 32.2. The Morgan fingerprint density at radius 3 is 2.22 bits per heavy atom. The summed E-state index contributed by atoms with van der Waals surface area (Å²) in [5.41, 5.74) is 0.0471. The van der Waals surface area contributed by atoms with Crippen LogP contribution >= 0.6 is 0 Å². The van der Waals surface area contributed by atoms with Gasteiger partial charge >= 0.3 is 0 Å². The van der Waals surface area contributed by atoms with Gasteiger partial charge in [-0.2, -0.15) is 8.42 Å². The van der Waals surface area contributed by atoms with E-state index in [1.54, 1.807) is 0 Å². The van der Waals surface area contributed by atoms with E-state index in [1.807, 2.05) is 0 Å². The van der Waals surface area contributed by atoms with Gasteiger partial charge in [-0.25, -0.2) is 0 Å². The van der Waals surface area contributed by atoms with Crippen molar-refractivity contribution in [2.24, 2.45) is 0 Å². The van der Waals surface area contributed by atoms with Crippen LogP contribution in [0.5, 0.6) is 0 Å². The summed E-state index contributed by atoms with van der Waals surface area (Å²) in [6.07, 6.45) is 7.90. The van der Waals surface area contributed by atoms with Gasteiger partial charge in [0, 0.05) is 5.54 Å². The van der Waals surface area contributed by atoms with Crippen molar-refractivity contribution in [2.75, 3.05) is 12.3 Å². The van der Waals surface area contributed by atoms with Gasteiger partial charge in [-0.15, -0.1) is 0 Å². The minimum absolute atomic E-state index is 0.0471. The van der Waals surface area contributed by atoms with Gasteiger partial charge in [-0.1, -0.05) is 39.0 Å². The lowest BCUT2D eigenvalue weighted by Crippen LogP contribution is -2.40. The van der Waals surface area contributed by atoms with Crippen molar-refractivity contribution < 1.29 is 13.0 Å². The predicted molar refractivity (Wildman–Crippen MR) is 76.5 cm³/mol. The molecule has 0 saturated heterocycles. The van der Waals surface area contributed by atoms with E-state index >= 15 is 0 Å². The van der Waals surface area contributed by atoms with Crippen LogP contribution in [0.2, 0.25) is 0 Å². The molecule has 18 heavy (non-hydrogen) atoms. The summed E-state index contributed by atoms with van der Waals surface area (Å²) < 4.78 is 29.7. The molecule has 110 valence electrons. The predicted octanol–water partition coefficient (Wildman–Crippen LogP) is 2.99. The van der Waals surface area contributed by atoms with Gasteiger partial charge in [0.2, 0.25) is 0 Å². The summed E-state index contributed by atoms with van der Waals surface area (Å²) in [6, 6.07) is 0. The first kappa shape index (κ1) is 17.9. The van der Waals surface area contributed by atoms with Gasteiger partial charge in [-0.05, 0) is 33.2 Å². The fraction of sp³-hybridized carbons (Fsp3) is 1.00. The summed E-state index contributed by atoms with van der Waals surface area (Å²) in [4.78, 5) is 0. The molecule has 0 heterocycles. The summed E-state index contributed by atoms with van der Waals surface area (Å²) in [7, 11) is -3.81. The molecule has 0 bridgehead atoms. The molecular formula is C13H29NO3S. The largest absolute Gasteiger partial charge is 0.312 e. The SMILES string of the molecule is CCCCCCCC(C)(C)NCCCS(=O)(=O)O. The summed E-state index contributed by atoms with van der Waals surface area (Å²) in [6.45, 7) is 7.11. The van der Waals surface area contributed by atoms with Crippen molar-refractivity contribution in [3.05, 3.63) is 0 Å². The molecule has 0 aliphatic rings. The molecule has 0 aromatic carbocycles. The Bertz CT molecular complexity index is 299. The molecule has 0 radical (unpaired) electrons. The molecule has 0 atom stereocenters. The molecule has 0 rings (SSSR count). The number of rotatable bonds is 11. The van der Waals surface area contributed by atoms with E-state index in [0.29, 0.717) is 13.0 Å². The second-order valence-corrected chi connectivity index (χ2v) is 7.19. The van der Waals surface area contributed by atoms with E-state index in [0.717, 1.165) is 6.42 Å². The molecule has 2 N–H and O–H groups in total. The van der Waals surface area contributed by atoms with Gasteiger partial charge in [0.05, 0.1) is 5.75 Å². The Morgan fingerprint density at radius 2 is 1.67 bits per heavy atom. The zero-order valence-electron chi connectivity index (χ0n) is 12.0. The molecule has 4 nitrogen and oxygen atoms in total. The van der Waals surface area contributed by atoms with E-state index in [4.69, 9.17) is 4.55 Å². The molecule has 0 spiro atoms. The van der Waals surface area contributed by atoms with Crippen molar-refractivity contribution in [1.82, 2.24) is 5.32 Å². The van der Waals surface area contributed by atoms with Crippen molar-refractivity contribution in [3.63, 3.8) is 0 Å². The maximum atomic E-state index is 10.6. The lowest BCUT2D eigenvalue weighted by Gasteiger charge is -2.26. The van der Waals surface area contributed by atoms with Crippen LogP contribution in [0.4, 0.5) is 0 Å². The lowest BCUT2D eigenvalue weighted by atomic mass is 9.96. The number of hydrogen-bond acceptors (Lipinski definition) is 3. The van der Waals surface area contributed by atoms with Crippen LogP contribution in [0.25, 0.3) is 0 Å². The van der Waals surface area contributed by atoms with Crippen LogP contribution in [0.1, 0.15) is 65.7 Å². The summed E-state index contributed by atoms with van der Waals surface area (Å²) >= 11 is 0. The highest BCUT2D eigenvalue weighted by molar-refractivity contribution is 7.85. The fourth-order valence-corrected chi connectivity index (χ4v) is 2.45. The molecule has 0 saturated carbocycles. The fourth-order valence-electron chi connectivity index (χ4n) is 1.94. The van der Waals surface area contributed by atoms with Gasteiger partial charge < -0.3 is 5.32 Å². The van der Waals surface area contributed by atoms with Crippen molar-refractivity contribution in [3.8, 4) is 0 Å². The van der Waals surface area contributed by atoms with Gasteiger partial charge in [0.1, 0.15) is 0 Å². The smallest absolute Gasteiger partial charge is 0.264 e. The number of hydrogen-bond donors (Lipinski definition) is 2. The minimum Gasteiger partial charge on any atom is -0.312 e. The Labute approximate surface area is 112 Å². The average molecular weight is 279 g/mol. The molecule has 0 unspecified atom stereocenters. The summed E-state index contributed by atoms with van der Waals surface area (Å²) in [5.74, 6) is -0.160. The highest BCUT2D eigenvalue weighted by Crippen LogP contribution is 2.15. The van der Waals surface area contributed by atoms with E-state index in [2.05, 4.69) is 26.1 Å². The van der Waals surface area contributed by atoms with Crippen LogP contribution in [0.3, 0.4) is 0 Å². The molecule has 5 heteroatoms. The highest BCUT2D eigenvalue weighted by Gasteiger charge is 2.16. The van der Waals surface area contributed by atoms with Crippen LogP contribution < -0.4 is 5.32 Å². The van der Waals surface area contributed by atoms with Crippen LogP contribution in [-0.4, -0.2) is 30.8 Å². The molecule has 0 aliphatic heterocycles. The second kappa shape index (κ2) is 8.88. The quantitative estimate of drug-likeness (QED) is 0.451. The maximum absolute atomic E-state index is 10.6. The first-order valence-corrected chi connectivity index (χ1v) is 8.58. The van der Waals surface area contributed by atoms with E-state index < -0.39 is 10.1 Å². The topological polar surface area (TPSA) is 66.4 Å². The van der Waals surface area contributed by atoms with Crippen LogP contribution in [-0.2, 0) is 10.1 Å². The van der Waals surface area contributed by atoms with Crippen LogP contribution in [0, 0.1) is 0 Å². The Morgan fingerprint density at radius 1 is 1.06 bits per heavy atom. The van der Waals surface area contributed by atoms with Gasteiger partial charge in [0.15, 0.2) is 0 Å². The lowest BCUT2D eigenvalue weighted by molar-refractivity contribution is 0.347. The van der Waals surface area contributed by atoms with E-state index in [1.165, 1.54) is 32.1 Å². The molecule has 0 aliphatic carbocycles. The first-order valence-electron chi connectivity index (χ1n) is 6.97. The Balaban J connectivity index is 3.60. The Kier molecular flexibility index (Phi) is 8.82. The maximum Gasteiger partial charge on any atom is 0.264 e. The molecule has 0 fully saturated rings. The molecular weight excluding hydrogens is 250 g/mol.